The van der Waals surface area contributed by atoms with Crippen molar-refractivity contribution < 1.29 is 36.5 Å². The fourth-order valence-corrected chi connectivity index (χ4v) is 12.3. The van der Waals surface area contributed by atoms with Gasteiger partial charge in [0, 0.05) is 25.7 Å². The Morgan fingerprint density at radius 1 is 1.00 bits per heavy atom. The van der Waals surface area contributed by atoms with Crippen LogP contribution in [0.25, 0.3) is 0 Å². The average molecular weight is 669 g/mol. The summed E-state index contributed by atoms with van der Waals surface area (Å²) < 4.78 is 43.7. The molecule has 11 atom stereocenters. The molecule has 47 heavy (non-hydrogen) atoms. The first-order valence-corrected chi connectivity index (χ1v) is 19.0. The molecule has 5 aliphatic rings. The predicted molar refractivity (Wildman–Crippen MR) is 176 cm³/mol. The molecule has 0 heterocycles. The van der Waals surface area contributed by atoms with E-state index in [4.69, 9.17) is 13.7 Å². The number of rotatable bonds is 8. The predicted octanol–water partition coefficient (Wildman–Crippen LogP) is 6.98. The minimum atomic E-state index is -3.86. The first kappa shape index (κ1) is 34.3. The number of benzene rings is 1. The monoisotopic (exact) mass is 668 g/mol. The zero-order valence-electron chi connectivity index (χ0n) is 29.0. The number of fused-ring (bicyclic) bond motifs is 4. The average Bonchev–Trinajstić information content (AvgIpc) is 3.29. The van der Waals surface area contributed by atoms with Crippen LogP contribution in [-0.4, -0.2) is 45.0 Å². The number of carbonyl (C=O) groups excluding carboxylic acids is 3. The van der Waals surface area contributed by atoms with Gasteiger partial charge in [0.25, 0.3) is 10.1 Å². The van der Waals surface area contributed by atoms with Crippen LogP contribution in [0.4, 0.5) is 0 Å². The summed E-state index contributed by atoms with van der Waals surface area (Å²) >= 11 is 0. The van der Waals surface area contributed by atoms with Gasteiger partial charge in [-0.2, -0.15) is 8.42 Å². The SMILES string of the molecule is CC(=O)OC[C@H](C)CC1=C2C[C@H]3[C@@H](CC[C@H]4C[C@@H](OS(=O)(=O)c5ccc(C)cc5)CC[C@@]43C)[C@@H]3C[C@H](OC(C)=O)[C@H]([C@H](C)C1=O)[C@@]23C. The molecule has 0 saturated heterocycles. The number of ketones is 1. The van der Waals surface area contributed by atoms with Gasteiger partial charge < -0.3 is 9.47 Å². The van der Waals surface area contributed by atoms with Crippen molar-refractivity contribution in [1.29, 1.82) is 0 Å². The number of allylic oxidation sites excluding steroid dienone is 2. The van der Waals surface area contributed by atoms with E-state index in [-0.39, 0.29) is 75.9 Å². The zero-order chi connectivity index (χ0) is 34.1. The third kappa shape index (κ3) is 5.91. The van der Waals surface area contributed by atoms with E-state index in [0.29, 0.717) is 37.0 Å². The summed E-state index contributed by atoms with van der Waals surface area (Å²) in [6.07, 6.45) is 5.78. The molecule has 0 aromatic heterocycles. The van der Waals surface area contributed by atoms with Gasteiger partial charge in [0.15, 0.2) is 5.78 Å². The molecule has 0 spiro atoms. The molecule has 0 aliphatic heterocycles. The minimum absolute atomic E-state index is 0.00250. The van der Waals surface area contributed by atoms with E-state index in [0.717, 1.165) is 43.2 Å². The van der Waals surface area contributed by atoms with Gasteiger partial charge in [0.1, 0.15) is 6.10 Å². The molecular weight excluding hydrogens is 616 g/mol. The van der Waals surface area contributed by atoms with Crippen molar-refractivity contribution in [3.8, 4) is 0 Å². The molecule has 1 aromatic carbocycles. The molecule has 4 fully saturated rings. The van der Waals surface area contributed by atoms with Crippen LogP contribution in [-0.2, 0) is 38.2 Å². The molecule has 0 N–H and O–H groups in total. The molecule has 4 saturated carbocycles. The van der Waals surface area contributed by atoms with Crippen LogP contribution < -0.4 is 0 Å². The second-order valence-corrected chi connectivity index (χ2v) is 17.6. The molecule has 0 radical (unpaired) electrons. The van der Waals surface area contributed by atoms with Crippen LogP contribution in [0.5, 0.6) is 0 Å². The summed E-state index contributed by atoms with van der Waals surface area (Å²) in [4.78, 5) is 38.4. The largest absolute Gasteiger partial charge is 0.466 e. The van der Waals surface area contributed by atoms with Crippen molar-refractivity contribution in [2.75, 3.05) is 6.61 Å². The lowest BCUT2D eigenvalue weighted by atomic mass is 9.42. The van der Waals surface area contributed by atoms with Gasteiger partial charge in [-0.25, -0.2) is 0 Å². The van der Waals surface area contributed by atoms with Crippen molar-refractivity contribution in [2.24, 2.45) is 52.3 Å². The van der Waals surface area contributed by atoms with E-state index in [1.165, 1.54) is 19.4 Å². The smallest absolute Gasteiger partial charge is 0.302 e. The Morgan fingerprint density at radius 2 is 1.70 bits per heavy atom. The molecule has 6 rings (SSSR count). The van der Waals surface area contributed by atoms with Gasteiger partial charge in [0.2, 0.25) is 0 Å². The van der Waals surface area contributed by atoms with Gasteiger partial charge in [-0.15, -0.1) is 0 Å². The van der Waals surface area contributed by atoms with Crippen molar-refractivity contribution in [3.05, 3.63) is 41.0 Å². The molecule has 5 aliphatic carbocycles. The topological polar surface area (TPSA) is 113 Å². The highest BCUT2D eigenvalue weighted by Crippen LogP contribution is 2.72. The van der Waals surface area contributed by atoms with E-state index in [9.17, 15) is 22.8 Å². The molecule has 0 bridgehead atoms. The highest BCUT2D eigenvalue weighted by molar-refractivity contribution is 7.86. The lowest BCUT2D eigenvalue weighted by Gasteiger charge is -2.63. The normalized spacial score (nSPS) is 38.6. The fourth-order valence-electron chi connectivity index (χ4n) is 11.2. The highest BCUT2D eigenvalue weighted by atomic mass is 32.2. The molecule has 9 heteroatoms. The summed E-state index contributed by atoms with van der Waals surface area (Å²) in [5, 5.41) is 0. The minimum Gasteiger partial charge on any atom is -0.466 e. The third-order valence-electron chi connectivity index (χ3n) is 13.3. The quantitative estimate of drug-likeness (QED) is 0.215. The van der Waals surface area contributed by atoms with Crippen LogP contribution >= 0.6 is 0 Å². The molecule has 8 nitrogen and oxygen atoms in total. The number of carbonyl (C=O) groups is 3. The van der Waals surface area contributed by atoms with Crippen molar-refractivity contribution in [3.63, 3.8) is 0 Å². The molecule has 258 valence electrons. The summed E-state index contributed by atoms with van der Waals surface area (Å²) in [5.74, 6) is 0.561. The Hall–Kier alpha value is -2.52. The van der Waals surface area contributed by atoms with Crippen LogP contribution in [0.15, 0.2) is 40.3 Å². The number of ether oxygens (including phenoxy) is 2. The van der Waals surface area contributed by atoms with E-state index in [2.05, 4.69) is 13.8 Å². The lowest BCUT2D eigenvalue weighted by Crippen LogP contribution is -2.57. The Balaban J connectivity index is 1.32. The Kier molecular flexibility index (Phi) is 9.08. The van der Waals surface area contributed by atoms with Crippen LogP contribution in [0.2, 0.25) is 0 Å². The molecule has 0 amide bonds. The number of hydrogen-bond acceptors (Lipinski definition) is 8. The van der Waals surface area contributed by atoms with Gasteiger partial charge >= 0.3 is 11.9 Å². The van der Waals surface area contributed by atoms with E-state index >= 15 is 0 Å². The zero-order valence-corrected chi connectivity index (χ0v) is 29.9. The second-order valence-electron chi connectivity index (χ2n) is 16.0. The Labute approximate surface area is 280 Å². The van der Waals surface area contributed by atoms with E-state index in [1.54, 1.807) is 24.3 Å². The maximum Gasteiger partial charge on any atom is 0.302 e. The van der Waals surface area contributed by atoms with Gasteiger partial charge in [0.05, 0.1) is 17.6 Å². The molecule has 0 unspecified atom stereocenters. The summed E-state index contributed by atoms with van der Waals surface area (Å²) in [5.41, 5.74) is 2.85. The lowest BCUT2D eigenvalue weighted by molar-refractivity contribution is -0.152. The summed E-state index contributed by atoms with van der Waals surface area (Å²) in [7, 11) is -3.86. The van der Waals surface area contributed by atoms with Gasteiger partial charge in [-0.3, -0.25) is 18.6 Å². The van der Waals surface area contributed by atoms with Gasteiger partial charge in [-0.05, 0) is 116 Å². The molecule has 1 aromatic rings. The number of Topliss-reactive ketones (excluding diaryl/α,β-unsaturated/α-hetero) is 1. The second kappa shape index (κ2) is 12.4. The number of esters is 2. The molecular formula is C38H52O8S. The van der Waals surface area contributed by atoms with Crippen LogP contribution in [0.1, 0.15) is 98.5 Å². The first-order chi connectivity index (χ1) is 22.1. The van der Waals surface area contributed by atoms with E-state index < -0.39 is 10.1 Å². The van der Waals surface area contributed by atoms with Crippen LogP contribution in [0.3, 0.4) is 0 Å². The fraction of sp³-hybridized carbons (Fsp3) is 0.711. The summed E-state index contributed by atoms with van der Waals surface area (Å²) in [6, 6.07) is 6.82. The third-order valence-corrected chi connectivity index (χ3v) is 14.6. The number of aryl methyl sites for hydroxylation is 1. The highest BCUT2D eigenvalue weighted by Gasteiger charge is 2.68. The first-order valence-electron chi connectivity index (χ1n) is 17.6. The maximum absolute atomic E-state index is 14.3. The van der Waals surface area contributed by atoms with E-state index in [1.807, 2.05) is 20.8 Å². The Morgan fingerprint density at radius 3 is 2.36 bits per heavy atom. The van der Waals surface area contributed by atoms with Crippen LogP contribution in [0, 0.1) is 59.2 Å². The summed E-state index contributed by atoms with van der Waals surface area (Å²) in [6.45, 7) is 13.9. The Bertz CT molecular complexity index is 1560. The van der Waals surface area contributed by atoms with Crippen molar-refractivity contribution in [2.45, 2.75) is 117 Å². The maximum atomic E-state index is 14.3. The number of hydrogen-bond donors (Lipinski definition) is 0. The van der Waals surface area contributed by atoms with Crippen molar-refractivity contribution >= 4 is 27.8 Å². The van der Waals surface area contributed by atoms with Crippen molar-refractivity contribution in [1.82, 2.24) is 0 Å². The standard InChI is InChI=1S/C38H52O8S/c1-21-8-11-28(12-9-21)47(42,43)46-27-14-15-37(6)26(17-27)10-13-29-31(37)18-32-30(16-22(2)20-44-24(4)39)36(41)23(3)35-34(45-25(5)40)19-33(29)38(32,35)7/h8-9,11-12,22-23,26-27,29,31,33-35H,10,13-20H2,1-7H3/t22-,23+,26+,27+,29-,31+,33+,34+,35+,37+,38+/m1/s1. The van der Waals surface area contributed by atoms with Gasteiger partial charge in [-0.1, -0.05) is 51.0 Å².